The molecule has 13 heavy (non-hydrogen) atoms. The van der Waals surface area contributed by atoms with E-state index in [-0.39, 0.29) is 24.4 Å². The Bertz CT molecular complexity index is 153. The van der Waals surface area contributed by atoms with Gasteiger partial charge in [0.05, 0.1) is 18.8 Å². The van der Waals surface area contributed by atoms with Crippen molar-refractivity contribution in [1.82, 2.24) is 5.32 Å². The number of hydrogen-bond donors (Lipinski definition) is 2. The number of aliphatic hydroxyl groups is 1. The molecule has 0 saturated carbocycles. The van der Waals surface area contributed by atoms with Gasteiger partial charge in [0, 0.05) is 12.1 Å². The molecule has 0 radical (unpaired) electrons. The fourth-order valence-corrected chi connectivity index (χ4v) is 1.48. The summed E-state index contributed by atoms with van der Waals surface area (Å²) < 4.78 is 5.59. The van der Waals surface area contributed by atoms with E-state index in [1.807, 2.05) is 0 Å². The summed E-state index contributed by atoms with van der Waals surface area (Å²) in [5, 5.41) is 12.3. The molecule has 3 nitrogen and oxygen atoms in total. The standard InChI is InChI=1S/C10H21NO2/c1-10(2,3)11-6-8-4-5-9(7-12)13-8/h8-9,11-12H,4-7H2,1-3H3. The Labute approximate surface area is 80.5 Å². The fraction of sp³-hybridized carbons (Fsp3) is 1.00. The summed E-state index contributed by atoms with van der Waals surface area (Å²) in [5.74, 6) is 0. The van der Waals surface area contributed by atoms with Crippen LogP contribution in [0.25, 0.3) is 0 Å². The van der Waals surface area contributed by atoms with E-state index >= 15 is 0 Å². The molecule has 3 heteroatoms. The second-order valence-corrected chi connectivity index (χ2v) is 4.77. The molecule has 0 bridgehead atoms. The van der Waals surface area contributed by atoms with Gasteiger partial charge in [0.2, 0.25) is 0 Å². The Balaban J connectivity index is 2.17. The van der Waals surface area contributed by atoms with Crippen LogP contribution in [0.1, 0.15) is 33.6 Å². The third kappa shape index (κ3) is 4.07. The first-order chi connectivity index (χ1) is 6.01. The molecule has 2 unspecified atom stereocenters. The van der Waals surface area contributed by atoms with Gasteiger partial charge in [0.1, 0.15) is 0 Å². The monoisotopic (exact) mass is 187 g/mol. The first kappa shape index (κ1) is 11.0. The molecule has 1 aliphatic heterocycles. The van der Waals surface area contributed by atoms with Gasteiger partial charge >= 0.3 is 0 Å². The minimum atomic E-state index is 0.0757. The molecule has 0 aromatic rings. The van der Waals surface area contributed by atoms with Gasteiger partial charge in [-0.05, 0) is 33.6 Å². The van der Waals surface area contributed by atoms with Crippen molar-refractivity contribution >= 4 is 0 Å². The molecular weight excluding hydrogens is 166 g/mol. The summed E-state index contributed by atoms with van der Waals surface area (Å²) in [6.45, 7) is 7.48. The van der Waals surface area contributed by atoms with Crippen LogP contribution < -0.4 is 5.32 Å². The van der Waals surface area contributed by atoms with E-state index in [9.17, 15) is 0 Å². The van der Waals surface area contributed by atoms with Crippen molar-refractivity contribution in [2.24, 2.45) is 0 Å². The van der Waals surface area contributed by atoms with E-state index < -0.39 is 0 Å². The van der Waals surface area contributed by atoms with Gasteiger partial charge in [0.25, 0.3) is 0 Å². The fourth-order valence-electron chi connectivity index (χ4n) is 1.48. The number of nitrogens with one attached hydrogen (secondary N) is 1. The molecule has 0 spiro atoms. The highest BCUT2D eigenvalue weighted by Crippen LogP contribution is 2.19. The highest BCUT2D eigenvalue weighted by molar-refractivity contribution is 4.78. The molecule has 2 atom stereocenters. The lowest BCUT2D eigenvalue weighted by Crippen LogP contribution is -2.40. The lowest BCUT2D eigenvalue weighted by Gasteiger charge is -2.23. The van der Waals surface area contributed by atoms with Gasteiger partial charge in [-0.25, -0.2) is 0 Å². The van der Waals surface area contributed by atoms with E-state index in [4.69, 9.17) is 9.84 Å². The minimum absolute atomic E-state index is 0.0757. The van der Waals surface area contributed by atoms with Gasteiger partial charge < -0.3 is 15.2 Å². The highest BCUT2D eigenvalue weighted by Gasteiger charge is 2.25. The molecule has 78 valence electrons. The van der Waals surface area contributed by atoms with Crippen LogP contribution in [0.5, 0.6) is 0 Å². The Kier molecular flexibility index (Phi) is 3.71. The average molecular weight is 187 g/mol. The summed E-state index contributed by atoms with van der Waals surface area (Å²) in [6.07, 6.45) is 2.42. The summed E-state index contributed by atoms with van der Waals surface area (Å²) in [7, 11) is 0. The SMILES string of the molecule is CC(C)(C)NCC1CCC(CO)O1. The average Bonchev–Trinajstić information content (AvgIpc) is 2.47. The van der Waals surface area contributed by atoms with Crippen molar-refractivity contribution in [3.63, 3.8) is 0 Å². The summed E-state index contributed by atoms with van der Waals surface area (Å²) >= 11 is 0. The third-order valence-corrected chi connectivity index (χ3v) is 2.26. The third-order valence-electron chi connectivity index (χ3n) is 2.26. The molecule has 1 saturated heterocycles. The van der Waals surface area contributed by atoms with Crippen LogP contribution in [0, 0.1) is 0 Å². The zero-order chi connectivity index (χ0) is 9.90. The molecular formula is C10H21NO2. The number of hydrogen-bond acceptors (Lipinski definition) is 3. The zero-order valence-corrected chi connectivity index (χ0v) is 8.84. The zero-order valence-electron chi connectivity index (χ0n) is 8.84. The Morgan fingerprint density at radius 3 is 2.38 bits per heavy atom. The van der Waals surface area contributed by atoms with Crippen molar-refractivity contribution in [3.05, 3.63) is 0 Å². The van der Waals surface area contributed by atoms with Crippen molar-refractivity contribution in [1.29, 1.82) is 0 Å². The summed E-state index contributed by atoms with van der Waals surface area (Å²) in [5.41, 5.74) is 0.153. The molecule has 0 aromatic heterocycles. The van der Waals surface area contributed by atoms with Crippen LogP contribution in [0.3, 0.4) is 0 Å². The van der Waals surface area contributed by atoms with Crippen LogP contribution in [-0.4, -0.2) is 36.0 Å². The Morgan fingerprint density at radius 2 is 1.92 bits per heavy atom. The first-order valence-electron chi connectivity index (χ1n) is 5.02. The maximum atomic E-state index is 8.87. The number of aliphatic hydroxyl groups excluding tert-OH is 1. The van der Waals surface area contributed by atoms with Crippen LogP contribution in [-0.2, 0) is 4.74 Å². The van der Waals surface area contributed by atoms with Crippen LogP contribution in [0.4, 0.5) is 0 Å². The van der Waals surface area contributed by atoms with Crippen molar-refractivity contribution in [2.75, 3.05) is 13.2 Å². The maximum absolute atomic E-state index is 8.87. The van der Waals surface area contributed by atoms with E-state index in [1.54, 1.807) is 0 Å². The normalized spacial score (nSPS) is 29.5. The number of ether oxygens (including phenoxy) is 1. The van der Waals surface area contributed by atoms with Crippen LogP contribution >= 0.6 is 0 Å². The van der Waals surface area contributed by atoms with Crippen LogP contribution in [0.2, 0.25) is 0 Å². The summed E-state index contributed by atoms with van der Waals surface area (Å²) in [6, 6.07) is 0. The van der Waals surface area contributed by atoms with E-state index in [0.717, 1.165) is 19.4 Å². The molecule has 1 fully saturated rings. The van der Waals surface area contributed by atoms with E-state index in [1.165, 1.54) is 0 Å². The van der Waals surface area contributed by atoms with Crippen LogP contribution in [0.15, 0.2) is 0 Å². The van der Waals surface area contributed by atoms with E-state index in [2.05, 4.69) is 26.1 Å². The lowest BCUT2D eigenvalue weighted by atomic mass is 10.1. The van der Waals surface area contributed by atoms with Gasteiger partial charge in [0.15, 0.2) is 0 Å². The second kappa shape index (κ2) is 4.40. The molecule has 0 aliphatic carbocycles. The first-order valence-corrected chi connectivity index (χ1v) is 5.02. The maximum Gasteiger partial charge on any atom is 0.0811 e. The smallest absolute Gasteiger partial charge is 0.0811 e. The second-order valence-electron chi connectivity index (χ2n) is 4.77. The van der Waals surface area contributed by atoms with Crippen molar-refractivity contribution < 1.29 is 9.84 Å². The predicted octanol–water partition coefficient (Wildman–Crippen LogP) is 0.914. The van der Waals surface area contributed by atoms with Gasteiger partial charge in [-0.2, -0.15) is 0 Å². The molecule has 0 aromatic carbocycles. The minimum Gasteiger partial charge on any atom is -0.394 e. The van der Waals surface area contributed by atoms with E-state index in [0.29, 0.717) is 0 Å². The van der Waals surface area contributed by atoms with Gasteiger partial charge in [-0.3, -0.25) is 0 Å². The highest BCUT2D eigenvalue weighted by atomic mass is 16.5. The molecule has 1 rings (SSSR count). The number of rotatable bonds is 3. The topological polar surface area (TPSA) is 41.5 Å². The van der Waals surface area contributed by atoms with Crippen molar-refractivity contribution in [3.8, 4) is 0 Å². The van der Waals surface area contributed by atoms with Gasteiger partial charge in [-0.15, -0.1) is 0 Å². The van der Waals surface area contributed by atoms with Crippen molar-refractivity contribution in [2.45, 2.75) is 51.4 Å². The van der Waals surface area contributed by atoms with Gasteiger partial charge in [-0.1, -0.05) is 0 Å². The predicted molar refractivity (Wildman–Crippen MR) is 52.7 cm³/mol. The molecule has 2 N–H and O–H groups in total. The molecule has 1 aliphatic rings. The molecule has 1 heterocycles. The summed E-state index contributed by atoms with van der Waals surface area (Å²) in [4.78, 5) is 0. The Morgan fingerprint density at radius 1 is 1.31 bits per heavy atom. The molecule has 0 amide bonds. The quantitative estimate of drug-likeness (QED) is 0.690. The Hall–Kier alpha value is -0.120. The largest absolute Gasteiger partial charge is 0.394 e. The lowest BCUT2D eigenvalue weighted by molar-refractivity contribution is 0.0102.